The van der Waals surface area contributed by atoms with Gasteiger partial charge in [-0.1, -0.05) is 32.0 Å². The molecule has 3 rings (SSSR count). The molecular formula is C19H22OS. The Kier molecular flexibility index (Phi) is 4.25. The van der Waals surface area contributed by atoms with E-state index in [1.807, 2.05) is 12.1 Å². The van der Waals surface area contributed by atoms with Gasteiger partial charge in [0.2, 0.25) is 5.78 Å². The average molecular weight is 298 g/mol. The van der Waals surface area contributed by atoms with Gasteiger partial charge in [-0.3, -0.25) is 4.79 Å². The summed E-state index contributed by atoms with van der Waals surface area (Å²) in [6.45, 7) is 4.42. The van der Waals surface area contributed by atoms with Crippen molar-refractivity contribution in [3.05, 3.63) is 56.8 Å². The van der Waals surface area contributed by atoms with Gasteiger partial charge in [-0.2, -0.15) is 0 Å². The molecule has 110 valence electrons. The SMILES string of the molecule is CC(C)Cc1cccc(C(=O)c2cc3c(s2)CCCC3)c1. The molecule has 0 N–H and O–H groups in total. The topological polar surface area (TPSA) is 17.1 Å². The zero-order valence-corrected chi connectivity index (χ0v) is 13.6. The van der Waals surface area contributed by atoms with Crippen molar-refractivity contribution in [2.24, 2.45) is 5.92 Å². The Morgan fingerprint density at radius 1 is 1.19 bits per heavy atom. The highest BCUT2D eigenvalue weighted by Crippen LogP contribution is 2.31. The van der Waals surface area contributed by atoms with E-state index < -0.39 is 0 Å². The summed E-state index contributed by atoms with van der Waals surface area (Å²) in [5.74, 6) is 0.810. The van der Waals surface area contributed by atoms with Crippen LogP contribution in [0.4, 0.5) is 0 Å². The van der Waals surface area contributed by atoms with Crippen molar-refractivity contribution in [1.29, 1.82) is 0 Å². The largest absolute Gasteiger partial charge is 0.288 e. The first-order valence-electron chi connectivity index (χ1n) is 7.88. The van der Waals surface area contributed by atoms with Crippen LogP contribution in [0.2, 0.25) is 0 Å². The van der Waals surface area contributed by atoms with E-state index in [0.29, 0.717) is 5.92 Å². The van der Waals surface area contributed by atoms with E-state index >= 15 is 0 Å². The first kappa shape index (κ1) is 14.5. The van der Waals surface area contributed by atoms with Crippen molar-refractivity contribution < 1.29 is 4.79 Å². The fourth-order valence-electron chi connectivity index (χ4n) is 3.06. The molecule has 0 aliphatic heterocycles. The van der Waals surface area contributed by atoms with Gasteiger partial charge < -0.3 is 0 Å². The lowest BCUT2D eigenvalue weighted by molar-refractivity contribution is 0.104. The first-order valence-corrected chi connectivity index (χ1v) is 8.70. The van der Waals surface area contributed by atoms with Gasteiger partial charge in [0.05, 0.1) is 4.88 Å². The molecular weight excluding hydrogens is 276 g/mol. The quantitative estimate of drug-likeness (QED) is 0.721. The van der Waals surface area contributed by atoms with Crippen molar-refractivity contribution >= 4 is 17.1 Å². The fourth-order valence-corrected chi connectivity index (χ4v) is 4.27. The van der Waals surface area contributed by atoms with Crippen molar-refractivity contribution in [3.63, 3.8) is 0 Å². The Balaban J connectivity index is 1.86. The van der Waals surface area contributed by atoms with Crippen LogP contribution in [0.5, 0.6) is 0 Å². The lowest BCUT2D eigenvalue weighted by Crippen LogP contribution is -2.01. The molecule has 0 spiro atoms. The van der Waals surface area contributed by atoms with Gasteiger partial charge in [-0.15, -0.1) is 11.3 Å². The van der Waals surface area contributed by atoms with Gasteiger partial charge in [-0.25, -0.2) is 0 Å². The molecule has 0 fully saturated rings. The summed E-state index contributed by atoms with van der Waals surface area (Å²) in [5.41, 5.74) is 3.51. The van der Waals surface area contributed by atoms with Crippen LogP contribution in [0.15, 0.2) is 30.3 Å². The second kappa shape index (κ2) is 6.15. The monoisotopic (exact) mass is 298 g/mol. The highest BCUT2D eigenvalue weighted by Gasteiger charge is 2.18. The van der Waals surface area contributed by atoms with Crippen molar-refractivity contribution in [3.8, 4) is 0 Å². The van der Waals surface area contributed by atoms with E-state index in [2.05, 4.69) is 32.0 Å². The predicted molar refractivity (Wildman–Crippen MR) is 89.4 cm³/mol. The zero-order valence-electron chi connectivity index (χ0n) is 12.8. The van der Waals surface area contributed by atoms with Crippen LogP contribution in [0.3, 0.4) is 0 Å². The van der Waals surface area contributed by atoms with Gasteiger partial charge in [0, 0.05) is 10.4 Å². The summed E-state index contributed by atoms with van der Waals surface area (Å²) in [4.78, 5) is 15.1. The minimum Gasteiger partial charge on any atom is -0.288 e. The van der Waals surface area contributed by atoms with Crippen LogP contribution < -0.4 is 0 Å². The number of hydrogen-bond acceptors (Lipinski definition) is 2. The standard InChI is InChI=1S/C19H22OS/c1-13(2)10-14-6-5-8-16(11-14)19(20)18-12-15-7-3-4-9-17(15)21-18/h5-6,8,11-13H,3-4,7,9-10H2,1-2H3. The number of hydrogen-bond donors (Lipinski definition) is 0. The Labute approximate surface area is 131 Å². The van der Waals surface area contributed by atoms with Crippen LogP contribution in [0.1, 0.15) is 57.9 Å². The summed E-state index contributed by atoms with van der Waals surface area (Å²) < 4.78 is 0. The molecule has 21 heavy (non-hydrogen) atoms. The normalized spacial score (nSPS) is 14.2. The lowest BCUT2D eigenvalue weighted by Gasteiger charge is -2.08. The van der Waals surface area contributed by atoms with Crippen LogP contribution in [-0.2, 0) is 19.3 Å². The Hall–Kier alpha value is -1.41. The summed E-state index contributed by atoms with van der Waals surface area (Å²) >= 11 is 1.71. The number of fused-ring (bicyclic) bond motifs is 1. The summed E-state index contributed by atoms with van der Waals surface area (Å²) in [5, 5.41) is 0. The third kappa shape index (κ3) is 3.26. The lowest BCUT2D eigenvalue weighted by atomic mass is 9.97. The van der Waals surface area contributed by atoms with E-state index in [-0.39, 0.29) is 5.78 Å². The maximum Gasteiger partial charge on any atom is 0.202 e. The van der Waals surface area contributed by atoms with Gasteiger partial charge in [0.1, 0.15) is 0 Å². The molecule has 0 radical (unpaired) electrons. The van der Waals surface area contributed by atoms with E-state index in [4.69, 9.17) is 0 Å². The molecule has 1 aliphatic rings. The zero-order chi connectivity index (χ0) is 14.8. The van der Waals surface area contributed by atoms with Gasteiger partial charge in [-0.05, 0) is 61.3 Å². The highest BCUT2D eigenvalue weighted by molar-refractivity contribution is 7.14. The summed E-state index contributed by atoms with van der Waals surface area (Å²) in [7, 11) is 0. The van der Waals surface area contributed by atoms with Gasteiger partial charge >= 0.3 is 0 Å². The number of benzene rings is 1. The van der Waals surface area contributed by atoms with Gasteiger partial charge in [0.15, 0.2) is 0 Å². The predicted octanol–water partition coefficient (Wildman–Crippen LogP) is 5.06. The van der Waals surface area contributed by atoms with Crippen molar-refractivity contribution in [2.45, 2.75) is 46.0 Å². The van der Waals surface area contributed by atoms with Crippen molar-refractivity contribution in [2.75, 3.05) is 0 Å². The molecule has 1 aliphatic carbocycles. The molecule has 1 heterocycles. The second-order valence-corrected chi connectivity index (χ2v) is 7.53. The minimum absolute atomic E-state index is 0.194. The molecule has 2 heteroatoms. The van der Waals surface area contributed by atoms with E-state index in [0.717, 1.165) is 29.7 Å². The summed E-state index contributed by atoms with van der Waals surface area (Å²) in [6, 6.07) is 10.3. The van der Waals surface area contributed by atoms with E-state index in [1.165, 1.54) is 28.8 Å². The number of carbonyl (C=O) groups excluding carboxylic acids is 1. The Morgan fingerprint density at radius 2 is 2.00 bits per heavy atom. The highest BCUT2D eigenvalue weighted by atomic mass is 32.1. The molecule has 2 aromatic rings. The number of ketones is 1. The van der Waals surface area contributed by atoms with Crippen LogP contribution in [0.25, 0.3) is 0 Å². The molecule has 0 amide bonds. The Morgan fingerprint density at radius 3 is 2.76 bits per heavy atom. The molecule has 1 aromatic carbocycles. The van der Waals surface area contributed by atoms with Gasteiger partial charge in [0.25, 0.3) is 0 Å². The molecule has 0 atom stereocenters. The minimum atomic E-state index is 0.194. The molecule has 0 bridgehead atoms. The molecule has 1 aromatic heterocycles. The van der Waals surface area contributed by atoms with Crippen molar-refractivity contribution in [1.82, 2.24) is 0 Å². The number of aryl methyl sites for hydroxylation is 2. The number of carbonyl (C=O) groups is 1. The maximum absolute atomic E-state index is 12.7. The fraction of sp³-hybridized carbons (Fsp3) is 0.421. The smallest absolute Gasteiger partial charge is 0.202 e. The average Bonchev–Trinajstić information content (AvgIpc) is 2.90. The molecule has 0 unspecified atom stereocenters. The first-order chi connectivity index (χ1) is 10.1. The number of rotatable bonds is 4. The van der Waals surface area contributed by atoms with Crippen LogP contribution in [0, 0.1) is 5.92 Å². The van der Waals surface area contributed by atoms with Crippen LogP contribution in [-0.4, -0.2) is 5.78 Å². The third-order valence-corrected chi connectivity index (χ3v) is 5.29. The molecule has 0 saturated carbocycles. The van der Waals surface area contributed by atoms with E-state index in [9.17, 15) is 4.79 Å². The second-order valence-electron chi connectivity index (χ2n) is 6.39. The number of thiophene rings is 1. The summed E-state index contributed by atoms with van der Waals surface area (Å²) in [6.07, 6.45) is 5.86. The molecule has 0 saturated heterocycles. The molecule has 1 nitrogen and oxygen atoms in total. The Bertz CT molecular complexity index is 628. The van der Waals surface area contributed by atoms with E-state index in [1.54, 1.807) is 11.3 Å². The van der Waals surface area contributed by atoms with Crippen LogP contribution >= 0.6 is 11.3 Å². The third-order valence-electron chi connectivity index (χ3n) is 4.05. The maximum atomic E-state index is 12.7.